The molecule has 7 heteroatoms. The smallest absolute Gasteiger partial charge is 0.384 e. The van der Waals surface area contributed by atoms with Crippen molar-refractivity contribution in [1.82, 2.24) is 0 Å². The van der Waals surface area contributed by atoms with Gasteiger partial charge in [0.05, 0.1) is 0 Å². The van der Waals surface area contributed by atoms with E-state index >= 15 is 0 Å². The second-order valence-corrected chi connectivity index (χ2v) is 0.939. The molecule has 0 aliphatic carbocycles. The van der Waals surface area contributed by atoms with E-state index in [0.717, 1.165) is 0 Å². The molecule has 0 bridgehead atoms. The standard InChI is InChI=1S/C3H2O5.Co.Ni/c4-1(2(5)6)3(7)8;;/h(H,5,6)(H,7,8);;. The van der Waals surface area contributed by atoms with Crippen LogP contribution in [0.5, 0.6) is 0 Å². The third-order valence-corrected chi connectivity index (χ3v) is 0.388. The third kappa shape index (κ3) is 5.74. The summed E-state index contributed by atoms with van der Waals surface area (Å²) >= 11 is 0. The minimum Gasteiger partial charge on any atom is -0.475 e. The zero-order chi connectivity index (χ0) is 6.73. The summed E-state index contributed by atoms with van der Waals surface area (Å²) in [6.45, 7) is 0. The fourth-order valence-electron chi connectivity index (χ4n) is 0.0915. The minimum atomic E-state index is -1.95. The molecule has 0 aromatic carbocycles. The van der Waals surface area contributed by atoms with Crippen LogP contribution in [-0.2, 0) is 47.7 Å². The van der Waals surface area contributed by atoms with Crippen molar-refractivity contribution in [3.63, 3.8) is 0 Å². The van der Waals surface area contributed by atoms with E-state index in [1.54, 1.807) is 0 Å². The number of Topliss-reactive ketones (excluding diaryl/α,β-unsaturated/α-hetero) is 1. The normalized spacial score (nSPS) is 6.40. The number of carbonyl (C=O) groups is 3. The molecular weight excluding hydrogens is 234 g/mol. The molecule has 1 radical (unpaired) electrons. The number of rotatable bonds is 2. The van der Waals surface area contributed by atoms with E-state index in [1.165, 1.54) is 0 Å². The Kier molecular flexibility index (Phi) is 11.0. The summed E-state index contributed by atoms with van der Waals surface area (Å²) in [7, 11) is 0. The third-order valence-electron chi connectivity index (χ3n) is 0.388. The quantitative estimate of drug-likeness (QED) is 0.353. The van der Waals surface area contributed by atoms with Gasteiger partial charge < -0.3 is 10.2 Å². The average Bonchev–Trinajstić information content (AvgIpc) is 1.64. The molecule has 2 N–H and O–H groups in total. The molecule has 0 rings (SSSR count). The molecule has 0 spiro atoms. The molecule has 0 amide bonds. The largest absolute Gasteiger partial charge is 0.475 e. The molecule has 0 aromatic rings. The molecule has 0 atom stereocenters. The van der Waals surface area contributed by atoms with Gasteiger partial charge in [-0.3, -0.25) is 4.79 Å². The van der Waals surface area contributed by atoms with Crippen molar-refractivity contribution in [2.75, 3.05) is 0 Å². The van der Waals surface area contributed by atoms with E-state index in [0.29, 0.717) is 0 Å². The van der Waals surface area contributed by atoms with Crippen molar-refractivity contribution in [2.45, 2.75) is 0 Å². The monoisotopic (exact) mass is 235 g/mol. The summed E-state index contributed by atoms with van der Waals surface area (Å²) in [5.41, 5.74) is 0. The van der Waals surface area contributed by atoms with Crippen LogP contribution in [0.2, 0.25) is 0 Å². The predicted octanol–water partition coefficient (Wildman–Crippen LogP) is -1.28. The molecule has 0 unspecified atom stereocenters. The number of carboxylic acid groups (broad SMARTS) is 2. The van der Waals surface area contributed by atoms with Gasteiger partial charge in [-0.1, -0.05) is 0 Å². The van der Waals surface area contributed by atoms with E-state index < -0.39 is 17.7 Å². The molecule has 0 saturated heterocycles. The van der Waals surface area contributed by atoms with Crippen molar-refractivity contribution >= 4 is 17.7 Å². The first kappa shape index (κ1) is 16.3. The van der Waals surface area contributed by atoms with Gasteiger partial charge in [-0.25, -0.2) is 9.59 Å². The van der Waals surface area contributed by atoms with Crippen LogP contribution in [0.4, 0.5) is 0 Å². The van der Waals surface area contributed by atoms with Gasteiger partial charge in [-0.05, 0) is 0 Å². The van der Waals surface area contributed by atoms with Crippen molar-refractivity contribution in [3.8, 4) is 0 Å². The van der Waals surface area contributed by atoms with Gasteiger partial charge in [0.15, 0.2) is 0 Å². The summed E-state index contributed by atoms with van der Waals surface area (Å²) < 4.78 is 0. The molecule has 0 saturated carbocycles. The van der Waals surface area contributed by atoms with Crippen LogP contribution in [0.1, 0.15) is 0 Å². The molecule has 0 aliphatic rings. The first-order chi connectivity index (χ1) is 3.55. The Labute approximate surface area is 75.9 Å². The van der Waals surface area contributed by atoms with Crippen LogP contribution >= 0.6 is 0 Å². The zero-order valence-corrected chi connectivity index (χ0v) is 6.30. The molecule has 0 fully saturated rings. The molecule has 10 heavy (non-hydrogen) atoms. The van der Waals surface area contributed by atoms with Crippen LogP contribution < -0.4 is 0 Å². The van der Waals surface area contributed by atoms with E-state index in [2.05, 4.69) is 0 Å². The Morgan fingerprint density at radius 3 is 1.10 bits per heavy atom. The number of hydrogen-bond acceptors (Lipinski definition) is 3. The van der Waals surface area contributed by atoms with E-state index in [-0.39, 0.29) is 33.3 Å². The number of hydrogen-bond donors (Lipinski definition) is 2. The van der Waals surface area contributed by atoms with E-state index in [4.69, 9.17) is 10.2 Å². The van der Waals surface area contributed by atoms with Gasteiger partial charge in [0.25, 0.3) is 0 Å². The minimum absolute atomic E-state index is 0. The molecule has 5 nitrogen and oxygen atoms in total. The Balaban J connectivity index is -0.000000245. The van der Waals surface area contributed by atoms with Crippen molar-refractivity contribution < 1.29 is 57.9 Å². The Morgan fingerprint density at radius 2 is 1.10 bits per heavy atom. The van der Waals surface area contributed by atoms with Crippen LogP contribution in [0.15, 0.2) is 0 Å². The predicted molar refractivity (Wildman–Crippen MR) is 20.3 cm³/mol. The summed E-state index contributed by atoms with van der Waals surface area (Å²) in [6.07, 6.45) is 0. The average molecular weight is 236 g/mol. The topological polar surface area (TPSA) is 91.7 Å². The number of carboxylic acids is 2. The second kappa shape index (κ2) is 6.73. The zero-order valence-electron chi connectivity index (χ0n) is 4.27. The van der Waals surface area contributed by atoms with Crippen LogP contribution in [0.3, 0.4) is 0 Å². The Morgan fingerprint density at radius 1 is 0.900 bits per heavy atom. The first-order valence-electron chi connectivity index (χ1n) is 1.56. The molecule has 0 aromatic heterocycles. The summed E-state index contributed by atoms with van der Waals surface area (Å²) in [5, 5.41) is 15.2. The molecule has 63 valence electrons. The number of carbonyl (C=O) groups excluding carboxylic acids is 1. The van der Waals surface area contributed by atoms with Gasteiger partial charge in [-0.2, -0.15) is 0 Å². The summed E-state index contributed by atoms with van der Waals surface area (Å²) in [5.74, 6) is -5.71. The Bertz CT molecular complexity index is 139. The molecule has 0 heterocycles. The summed E-state index contributed by atoms with van der Waals surface area (Å²) in [4.78, 5) is 28.5. The fraction of sp³-hybridized carbons (Fsp3) is 0. The number of aliphatic carboxylic acids is 2. The van der Waals surface area contributed by atoms with Gasteiger partial charge in [0.2, 0.25) is 0 Å². The fourth-order valence-corrected chi connectivity index (χ4v) is 0.0915. The van der Waals surface area contributed by atoms with Crippen LogP contribution in [-0.4, -0.2) is 27.9 Å². The van der Waals surface area contributed by atoms with E-state index in [9.17, 15) is 14.4 Å². The van der Waals surface area contributed by atoms with Crippen molar-refractivity contribution in [2.24, 2.45) is 0 Å². The second-order valence-electron chi connectivity index (χ2n) is 0.939. The van der Waals surface area contributed by atoms with Gasteiger partial charge in [0, 0.05) is 33.3 Å². The van der Waals surface area contributed by atoms with Crippen molar-refractivity contribution in [3.05, 3.63) is 0 Å². The SMILES string of the molecule is O=C(O)C(=O)C(=O)O.[Co].[Ni]. The maximum absolute atomic E-state index is 9.64. The van der Waals surface area contributed by atoms with Gasteiger partial charge in [-0.15, -0.1) is 0 Å². The van der Waals surface area contributed by atoms with Crippen LogP contribution in [0.25, 0.3) is 0 Å². The van der Waals surface area contributed by atoms with Gasteiger partial charge >= 0.3 is 17.7 Å². The van der Waals surface area contributed by atoms with Crippen LogP contribution in [0, 0.1) is 0 Å². The molecule has 0 aliphatic heterocycles. The molecular formula is C3H2CoNiO5. The summed E-state index contributed by atoms with van der Waals surface area (Å²) in [6, 6.07) is 0. The van der Waals surface area contributed by atoms with Crippen molar-refractivity contribution in [1.29, 1.82) is 0 Å². The number of ketones is 1. The van der Waals surface area contributed by atoms with E-state index in [1.807, 2.05) is 0 Å². The Hall–Kier alpha value is -0.390. The first-order valence-corrected chi connectivity index (χ1v) is 1.56. The maximum atomic E-state index is 9.64. The maximum Gasteiger partial charge on any atom is 0.384 e. The van der Waals surface area contributed by atoms with Gasteiger partial charge in [0.1, 0.15) is 0 Å².